The summed E-state index contributed by atoms with van der Waals surface area (Å²) < 4.78 is 10.1. The van der Waals surface area contributed by atoms with E-state index in [1.165, 1.54) is 7.11 Å². The van der Waals surface area contributed by atoms with Gasteiger partial charge in [-0.25, -0.2) is 9.59 Å². The molecular weight excluding hydrogens is 386 g/mol. The number of nitrogens with zero attached hydrogens (tertiary/aromatic N) is 1. The molecule has 156 valence electrons. The molecule has 0 saturated heterocycles. The van der Waals surface area contributed by atoms with Gasteiger partial charge in [-0.1, -0.05) is 38.1 Å². The molecule has 0 fully saturated rings. The highest BCUT2D eigenvalue weighted by Crippen LogP contribution is 2.27. The maximum atomic E-state index is 12.9. The van der Waals surface area contributed by atoms with Crippen LogP contribution in [-0.4, -0.2) is 41.8 Å². The number of ether oxygens (including phenoxy) is 2. The van der Waals surface area contributed by atoms with Crippen molar-refractivity contribution in [3.63, 3.8) is 0 Å². The fourth-order valence-corrected chi connectivity index (χ4v) is 3.35. The van der Waals surface area contributed by atoms with Crippen molar-refractivity contribution < 1.29 is 28.7 Å². The van der Waals surface area contributed by atoms with E-state index < -0.39 is 29.8 Å². The minimum Gasteiger partial charge on any atom is -0.465 e. The van der Waals surface area contributed by atoms with Crippen molar-refractivity contribution in [3.8, 4) is 0 Å². The van der Waals surface area contributed by atoms with Crippen LogP contribution >= 0.6 is 0 Å². The Morgan fingerprint density at radius 1 is 0.933 bits per heavy atom. The van der Waals surface area contributed by atoms with Crippen LogP contribution in [0.1, 0.15) is 56.9 Å². The largest absolute Gasteiger partial charge is 0.465 e. The predicted octanol–water partition coefficient (Wildman–Crippen LogP) is 3.23. The molecule has 1 aliphatic heterocycles. The number of esters is 2. The number of fused-ring (bicyclic) bond motifs is 1. The number of benzene rings is 2. The lowest BCUT2D eigenvalue weighted by Gasteiger charge is -2.26. The molecule has 3 rings (SSSR count). The summed E-state index contributed by atoms with van der Waals surface area (Å²) in [4.78, 5) is 51.0. The lowest BCUT2D eigenvalue weighted by atomic mass is 10.0. The number of hydrogen-bond acceptors (Lipinski definition) is 6. The zero-order chi connectivity index (χ0) is 21.8. The van der Waals surface area contributed by atoms with Gasteiger partial charge in [-0.2, -0.15) is 0 Å². The van der Waals surface area contributed by atoms with Gasteiger partial charge >= 0.3 is 11.9 Å². The van der Waals surface area contributed by atoms with Gasteiger partial charge in [-0.05, 0) is 42.2 Å². The quantitative estimate of drug-likeness (QED) is 0.515. The Bertz CT molecular complexity index is 944. The highest BCUT2D eigenvalue weighted by molar-refractivity contribution is 6.22. The van der Waals surface area contributed by atoms with Crippen LogP contribution in [-0.2, 0) is 20.9 Å². The fourth-order valence-electron chi connectivity index (χ4n) is 3.35. The Morgan fingerprint density at radius 3 is 2.00 bits per heavy atom. The second kappa shape index (κ2) is 8.90. The third-order valence-electron chi connectivity index (χ3n) is 4.86. The van der Waals surface area contributed by atoms with E-state index in [-0.39, 0.29) is 12.5 Å². The first-order valence-corrected chi connectivity index (χ1v) is 9.64. The number of hydrogen-bond donors (Lipinski definition) is 0. The van der Waals surface area contributed by atoms with Crippen LogP contribution < -0.4 is 0 Å². The van der Waals surface area contributed by atoms with E-state index in [2.05, 4.69) is 4.74 Å². The van der Waals surface area contributed by atoms with Crippen LogP contribution in [0.4, 0.5) is 0 Å². The number of imide groups is 1. The molecule has 0 radical (unpaired) electrons. The Hall–Kier alpha value is -3.48. The summed E-state index contributed by atoms with van der Waals surface area (Å²) in [6.07, 6.45) is 0.297. The highest BCUT2D eigenvalue weighted by Gasteiger charge is 2.43. The maximum Gasteiger partial charge on any atom is 0.337 e. The van der Waals surface area contributed by atoms with Crippen LogP contribution in [0.3, 0.4) is 0 Å². The molecule has 0 N–H and O–H groups in total. The van der Waals surface area contributed by atoms with Gasteiger partial charge in [0.05, 0.1) is 23.8 Å². The Labute approximate surface area is 174 Å². The standard InChI is InChI=1S/C23H23NO6/c1-14(2)12-19(24-20(25)17-6-4-5-7-18(17)21(24)26)23(28)30-13-15-8-10-16(11-9-15)22(27)29-3/h4-11,14,19H,12-13H2,1-3H3/t19-/m1/s1. The van der Waals surface area contributed by atoms with Crippen molar-refractivity contribution in [1.29, 1.82) is 0 Å². The van der Waals surface area contributed by atoms with E-state index in [4.69, 9.17) is 4.74 Å². The fraction of sp³-hybridized carbons (Fsp3) is 0.304. The van der Waals surface area contributed by atoms with E-state index in [9.17, 15) is 19.2 Å². The van der Waals surface area contributed by atoms with Gasteiger partial charge in [0.15, 0.2) is 0 Å². The Kier molecular flexibility index (Phi) is 6.30. The third-order valence-corrected chi connectivity index (χ3v) is 4.86. The molecule has 0 bridgehead atoms. The minimum absolute atomic E-state index is 0.0436. The Balaban J connectivity index is 1.75. The van der Waals surface area contributed by atoms with Crippen molar-refractivity contribution in [2.75, 3.05) is 7.11 Å². The SMILES string of the molecule is COC(=O)c1ccc(COC(=O)[C@@H](CC(C)C)N2C(=O)c3ccccc3C2=O)cc1. The summed E-state index contributed by atoms with van der Waals surface area (Å²) in [6, 6.07) is 12.0. The molecule has 0 aliphatic carbocycles. The average molecular weight is 409 g/mol. The van der Waals surface area contributed by atoms with Crippen LogP contribution in [0.25, 0.3) is 0 Å². The zero-order valence-electron chi connectivity index (χ0n) is 17.1. The summed E-state index contributed by atoms with van der Waals surface area (Å²) in [5, 5.41) is 0. The first-order chi connectivity index (χ1) is 14.3. The number of methoxy groups -OCH3 is 1. The molecule has 0 aromatic heterocycles. The normalized spacial score (nSPS) is 13.9. The van der Waals surface area contributed by atoms with E-state index >= 15 is 0 Å². The van der Waals surface area contributed by atoms with Gasteiger partial charge in [-0.15, -0.1) is 0 Å². The van der Waals surface area contributed by atoms with Gasteiger partial charge in [-0.3, -0.25) is 14.5 Å². The predicted molar refractivity (Wildman–Crippen MR) is 108 cm³/mol. The summed E-state index contributed by atoms with van der Waals surface area (Å²) in [5.74, 6) is -2.01. The molecule has 7 heteroatoms. The van der Waals surface area contributed by atoms with E-state index in [0.29, 0.717) is 28.7 Å². The van der Waals surface area contributed by atoms with Crippen LogP contribution in [0.5, 0.6) is 0 Å². The molecule has 2 aromatic carbocycles. The summed E-state index contributed by atoms with van der Waals surface area (Å²) in [6.45, 7) is 3.77. The summed E-state index contributed by atoms with van der Waals surface area (Å²) >= 11 is 0. The zero-order valence-corrected chi connectivity index (χ0v) is 17.1. The third kappa shape index (κ3) is 4.25. The van der Waals surface area contributed by atoms with Gasteiger partial charge in [0.1, 0.15) is 12.6 Å². The molecule has 30 heavy (non-hydrogen) atoms. The average Bonchev–Trinajstić information content (AvgIpc) is 3.00. The van der Waals surface area contributed by atoms with E-state index in [1.54, 1.807) is 48.5 Å². The maximum absolute atomic E-state index is 12.9. The Morgan fingerprint density at radius 2 is 1.50 bits per heavy atom. The van der Waals surface area contributed by atoms with Crippen molar-refractivity contribution >= 4 is 23.8 Å². The topological polar surface area (TPSA) is 90.0 Å². The number of carbonyl (C=O) groups is 4. The number of amides is 2. The number of carbonyl (C=O) groups excluding carboxylic acids is 4. The first kappa shape index (κ1) is 21.2. The van der Waals surface area contributed by atoms with E-state index in [1.807, 2.05) is 13.8 Å². The van der Waals surface area contributed by atoms with Crippen LogP contribution in [0.15, 0.2) is 48.5 Å². The second-order valence-corrected chi connectivity index (χ2v) is 7.47. The van der Waals surface area contributed by atoms with Crippen LogP contribution in [0.2, 0.25) is 0 Å². The molecule has 1 heterocycles. The smallest absolute Gasteiger partial charge is 0.337 e. The summed E-state index contributed by atoms with van der Waals surface area (Å²) in [7, 11) is 1.30. The minimum atomic E-state index is -1.01. The summed E-state index contributed by atoms with van der Waals surface area (Å²) in [5.41, 5.74) is 1.64. The molecule has 2 aromatic rings. The lowest BCUT2D eigenvalue weighted by Crippen LogP contribution is -2.46. The van der Waals surface area contributed by atoms with Gasteiger partial charge in [0.25, 0.3) is 11.8 Å². The highest BCUT2D eigenvalue weighted by atomic mass is 16.5. The first-order valence-electron chi connectivity index (χ1n) is 9.64. The monoisotopic (exact) mass is 409 g/mol. The second-order valence-electron chi connectivity index (χ2n) is 7.47. The molecule has 1 aliphatic rings. The van der Waals surface area contributed by atoms with Crippen molar-refractivity contribution in [3.05, 3.63) is 70.8 Å². The molecular formula is C23H23NO6. The van der Waals surface area contributed by atoms with Crippen LogP contribution in [0, 0.1) is 5.92 Å². The molecule has 2 amide bonds. The van der Waals surface area contributed by atoms with Gasteiger partial charge in [0.2, 0.25) is 0 Å². The molecule has 0 spiro atoms. The van der Waals surface area contributed by atoms with Crippen molar-refractivity contribution in [1.82, 2.24) is 4.90 Å². The number of rotatable bonds is 7. The van der Waals surface area contributed by atoms with Crippen molar-refractivity contribution in [2.45, 2.75) is 32.9 Å². The molecule has 0 saturated carbocycles. The van der Waals surface area contributed by atoms with Gasteiger partial charge in [0, 0.05) is 0 Å². The lowest BCUT2D eigenvalue weighted by molar-refractivity contribution is -0.150. The molecule has 1 atom stereocenters. The van der Waals surface area contributed by atoms with Crippen molar-refractivity contribution in [2.24, 2.45) is 5.92 Å². The molecule has 7 nitrogen and oxygen atoms in total. The van der Waals surface area contributed by atoms with Gasteiger partial charge < -0.3 is 9.47 Å². The molecule has 0 unspecified atom stereocenters. The van der Waals surface area contributed by atoms with E-state index in [0.717, 1.165) is 4.90 Å².